The molecule has 1 heterocycles. The van der Waals surface area contributed by atoms with E-state index in [1.54, 1.807) is 0 Å². The quantitative estimate of drug-likeness (QED) is 0.707. The number of aromatic nitrogens is 2. The Balaban J connectivity index is 3.01. The fraction of sp³-hybridized carbons (Fsp3) is 0.286. The Hall–Kier alpha value is -1.36. The standard InChI is InChI=1S/C7H8ClN3O2/c1-13-5-3-10-7(8)11-4(5)2-6(9)12/h3H,2H2,1H3,(H2,9,12). The summed E-state index contributed by atoms with van der Waals surface area (Å²) in [5, 5.41) is 0.0667. The lowest BCUT2D eigenvalue weighted by Crippen LogP contribution is -2.15. The van der Waals surface area contributed by atoms with Gasteiger partial charge in [0.2, 0.25) is 11.2 Å². The second-order valence-electron chi connectivity index (χ2n) is 2.30. The molecule has 0 aromatic carbocycles. The van der Waals surface area contributed by atoms with Crippen molar-refractivity contribution in [2.45, 2.75) is 6.42 Å². The summed E-state index contributed by atoms with van der Waals surface area (Å²) < 4.78 is 4.91. The number of carbonyl (C=O) groups is 1. The first-order valence-corrected chi connectivity index (χ1v) is 3.85. The average molecular weight is 202 g/mol. The van der Waals surface area contributed by atoms with Crippen LogP contribution in [0.5, 0.6) is 5.75 Å². The summed E-state index contributed by atoms with van der Waals surface area (Å²) in [5.41, 5.74) is 5.40. The highest BCUT2D eigenvalue weighted by molar-refractivity contribution is 6.28. The molecule has 0 radical (unpaired) electrons. The Bertz CT molecular complexity index is 330. The van der Waals surface area contributed by atoms with Crippen LogP contribution in [0.15, 0.2) is 6.20 Å². The Kier molecular flexibility index (Phi) is 3.02. The number of hydrogen-bond donors (Lipinski definition) is 1. The third kappa shape index (κ3) is 2.55. The van der Waals surface area contributed by atoms with E-state index in [0.717, 1.165) is 0 Å². The number of halogens is 1. The number of rotatable bonds is 3. The maximum Gasteiger partial charge on any atom is 0.223 e. The lowest BCUT2D eigenvalue weighted by atomic mass is 10.3. The van der Waals surface area contributed by atoms with E-state index in [1.807, 2.05) is 0 Å². The van der Waals surface area contributed by atoms with E-state index in [9.17, 15) is 4.79 Å². The van der Waals surface area contributed by atoms with Gasteiger partial charge >= 0.3 is 0 Å². The van der Waals surface area contributed by atoms with Gasteiger partial charge in [-0.3, -0.25) is 4.79 Å². The summed E-state index contributed by atoms with van der Waals surface area (Å²) in [5.74, 6) is -0.0868. The van der Waals surface area contributed by atoms with Gasteiger partial charge in [-0.05, 0) is 11.6 Å². The van der Waals surface area contributed by atoms with Crippen molar-refractivity contribution in [1.82, 2.24) is 9.97 Å². The first-order valence-electron chi connectivity index (χ1n) is 3.47. The highest BCUT2D eigenvalue weighted by atomic mass is 35.5. The molecule has 70 valence electrons. The Morgan fingerprint density at radius 1 is 1.77 bits per heavy atom. The summed E-state index contributed by atoms with van der Waals surface area (Å²) in [6, 6.07) is 0. The molecule has 0 saturated heterocycles. The molecule has 0 aliphatic carbocycles. The van der Waals surface area contributed by atoms with Gasteiger partial charge in [0.1, 0.15) is 0 Å². The fourth-order valence-electron chi connectivity index (χ4n) is 0.844. The smallest absolute Gasteiger partial charge is 0.223 e. The van der Waals surface area contributed by atoms with Gasteiger partial charge in [-0.25, -0.2) is 9.97 Å². The van der Waals surface area contributed by atoms with Crippen molar-refractivity contribution in [3.05, 3.63) is 17.2 Å². The van der Waals surface area contributed by atoms with Crippen LogP contribution in [0, 0.1) is 0 Å². The average Bonchev–Trinajstić information content (AvgIpc) is 2.03. The molecule has 5 nitrogen and oxygen atoms in total. The van der Waals surface area contributed by atoms with Gasteiger partial charge in [-0.15, -0.1) is 0 Å². The van der Waals surface area contributed by atoms with Crippen LogP contribution in [-0.4, -0.2) is 23.0 Å². The Labute approximate surface area is 79.9 Å². The highest BCUT2D eigenvalue weighted by Crippen LogP contribution is 2.16. The van der Waals surface area contributed by atoms with Crippen LogP contribution in [0.4, 0.5) is 0 Å². The van der Waals surface area contributed by atoms with Gasteiger partial charge in [-0.2, -0.15) is 0 Å². The fourth-order valence-corrected chi connectivity index (χ4v) is 0.995. The predicted octanol–water partition coefficient (Wildman–Crippen LogP) is 0.166. The van der Waals surface area contributed by atoms with Crippen molar-refractivity contribution in [2.75, 3.05) is 7.11 Å². The molecule has 0 aliphatic heterocycles. The van der Waals surface area contributed by atoms with E-state index in [1.165, 1.54) is 13.3 Å². The second kappa shape index (κ2) is 4.04. The van der Waals surface area contributed by atoms with Gasteiger partial charge in [0.15, 0.2) is 5.75 Å². The third-order valence-corrected chi connectivity index (χ3v) is 1.54. The first kappa shape index (κ1) is 9.73. The zero-order valence-corrected chi connectivity index (χ0v) is 7.71. The minimum Gasteiger partial charge on any atom is -0.493 e. The molecule has 0 spiro atoms. The van der Waals surface area contributed by atoms with Crippen LogP contribution in [0.1, 0.15) is 5.69 Å². The zero-order valence-electron chi connectivity index (χ0n) is 6.95. The second-order valence-corrected chi connectivity index (χ2v) is 2.64. The minimum atomic E-state index is -0.493. The van der Waals surface area contributed by atoms with Crippen molar-refractivity contribution in [1.29, 1.82) is 0 Å². The zero-order chi connectivity index (χ0) is 9.84. The van der Waals surface area contributed by atoms with Gasteiger partial charge in [0, 0.05) is 0 Å². The Morgan fingerprint density at radius 2 is 2.46 bits per heavy atom. The third-order valence-electron chi connectivity index (χ3n) is 1.36. The van der Waals surface area contributed by atoms with Gasteiger partial charge in [-0.1, -0.05) is 0 Å². The van der Waals surface area contributed by atoms with E-state index < -0.39 is 5.91 Å². The Morgan fingerprint density at radius 3 is 3.00 bits per heavy atom. The number of hydrogen-bond acceptors (Lipinski definition) is 4. The van der Waals surface area contributed by atoms with Crippen molar-refractivity contribution < 1.29 is 9.53 Å². The van der Waals surface area contributed by atoms with Crippen LogP contribution in [0.2, 0.25) is 5.28 Å². The maximum absolute atomic E-state index is 10.6. The number of nitrogens with two attached hydrogens (primary N) is 1. The molecular weight excluding hydrogens is 194 g/mol. The van der Waals surface area contributed by atoms with Crippen LogP contribution in [0.3, 0.4) is 0 Å². The highest BCUT2D eigenvalue weighted by Gasteiger charge is 2.08. The van der Waals surface area contributed by atoms with Crippen LogP contribution in [0.25, 0.3) is 0 Å². The summed E-state index contributed by atoms with van der Waals surface area (Å²) in [6.07, 6.45) is 1.39. The lowest BCUT2D eigenvalue weighted by Gasteiger charge is -2.04. The van der Waals surface area contributed by atoms with Crippen molar-refractivity contribution in [2.24, 2.45) is 5.73 Å². The van der Waals surface area contributed by atoms with E-state index in [0.29, 0.717) is 11.4 Å². The van der Waals surface area contributed by atoms with E-state index >= 15 is 0 Å². The molecule has 0 unspecified atom stereocenters. The summed E-state index contributed by atoms with van der Waals surface area (Å²) in [4.78, 5) is 18.1. The topological polar surface area (TPSA) is 78.1 Å². The molecule has 6 heteroatoms. The molecule has 1 aromatic rings. The number of ether oxygens (including phenoxy) is 1. The summed E-state index contributed by atoms with van der Waals surface area (Å²) in [6.45, 7) is 0. The molecule has 1 amide bonds. The monoisotopic (exact) mass is 201 g/mol. The van der Waals surface area contributed by atoms with Crippen LogP contribution >= 0.6 is 11.6 Å². The van der Waals surface area contributed by atoms with Crippen molar-refractivity contribution >= 4 is 17.5 Å². The van der Waals surface area contributed by atoms with Crippen molar-refractivity contribution in [3.63, 3.8) is 0 Å². The maximum atomic E-state index is 10.6. The molecule has 1 rings (SSSR count). The van der Waals surface area contributed by atoms with Crippen LogP contribution in [-0.2, 0) is 11.2 Å². The molecule has 0 fully saturated rings. The number of carbonyl (C=O) groups excluding carboxylic acids is 1. The van der Waals surface area contributed by atoms with Gasteiger partial charge < -0.3 is 10.5 Å². The van der Waals surface area contributed by atoms with E-state index in [-0.39, 0.29) is 11.7 Å². The molecule has 2 N–H and O–H groups in total. The molecule has 1 aromatic heterocycles. The summed E-state index contributed by atoms with van der Waals surface area (Å²) >= 11 is 5.53. The number of nitrogens with zero attached hydrogens (tertiary/aromatic N) is 2. The molecule has 0 saturated carbocycles. The van der Waals surface area contributed by atoms with Gasteiger partial charge in [0.05, 0.1) is 25.4 Å². The molecular formula is C7H8ClN3O2. The number of methoxy groups -OCH3 is 1. The molecule has 0 bridgehead atoms. The minimum absolute atomic E-state index is 0.00852. The first-order chi connectivity index (χ1) is 6.13. The van der Waals surface area contributed by atoms with E-state index in [4.69, 9.17) is 22.1 Å². The van der Waals surface area contributed by atoms with Crippen LogP contribution < -0.4 is 10.5 Å². The number of primary amides is 1. The normalized spacial score (nSPS) is 9.69. The SMILES string of the molecule is COc1cnc(Cl)nc1CC(N)=O. The van der Waals surface area contributed by atoms with E-state index in [2.05, 4.69) is 9.97 Å². The molecule has 13 heavy (non-hydrogen) atoms. The predicted molar refractivity (Wildman–Crippen MR) is 46.5 cm³/mol. The molecule has 0 aliphatic rings. The number of amides is 1. The molecule has 0 atom stereocenters. The van der Waals surface area contributed by atoms with Crippen molar-refractivity contribution in [3.8, 4) is 5.75 Å². The largest absolute Gasteiger partial charge is 0.493 e. The lowest BCUT2D eigenvalue weighted by molar-refractivity contribution is -0.117. The summed E-state index contributed by atoms with van der Waals surface area (Å²) in [7, 11) is 1.46. The van der Waals surface area contributed by atoms with Gasteiger partial charge in [0.25, 0.3) is 0 Å².